The van der Waals surface area contributed by atoms with E-state index in [1.165, 1.54) is 19.3 Å². The largest absolute Gasteiger partial charge is 0.449 e. The van der Waals surface area contributed by atoms with Crippen LogP contribution in [-0.2, 0) is 4.79 Å². The monoisotopic (exact) mass is 362 g/mol. The minimum absolute atomic E-state index is 0.0401. The summed E-state index contributed by atoms with van der Waals surface area (Å²) in [5.74, 6) is 0.523. The molecular formula is C22H22N2O3. The molecule has 2 amide bonds. The molecule has 27 heavy (non-hydrogen) atoms. The number of hydrogen-bond donors (Lipinski definition) is 2. The Bertz CT molecular complexity index is 881. The van der Waals surface area contributed by atoms with Gasteiger partial charge >= 0.3 is 0 Å². The quantitative estimate of drug-likeness (QED) is 0.807. The fourth-order valence-electron chi connectivity index (χ4n) is 3.50. The van der Waals surface area contributed by atoms with Crippen LogP contribution >= 0.6 is 0 Å². The van der Waals surface area contributed by atoms with Crippen molar-refractivity contribution < 1.29 is 14.3 Å². The maximum absolute atomic E-state index is 12.4. The van der Waals surface area contributed by atoms with Crippen LogP contribution in [0.15, 0.2) is 54.3 Å². The number of ether oxygens (including phenoxy) is 1. The van der Waals surface area contributed by atoms with Gasteiger partial charge in [0.1, 0.15) is 0 Å². The number of hydrogen-bond acceptors (Lipinski definition) is 3. The molecule has 1 heterocycles. The lowest BCUT2D eigenvalue weighted by Crippen LogP contribution is -2.36. The number of nitrogens with one attached hydrogen (secondary N) is 2. The first kappa shape index (κ1) is 17.3. The predicted molar refractivity (Wildman–Crippen MR) is 104 cm³/mol. The molecule has 5 heteroatoms. The minimum atomic E-state index is -0.284. The van der Waals surface area contributed by atoms with Crippen LogP contribution in [0.25, 0.3) is 6.08 Å². The Morgan fingerprint density at radius 2 is 1.78 bits per heavy atom. The van der Waals surface area contributed by atoms with E-state index in [9.17, 15) is 9.59 Å². The number of carbonyl (C=O) groups excluding carboxylic acids is 2. The van der Waals surface area contributed by atoms with Crippen molar-refractivity contribution in [2.75, 3.05) is 5.32 Å². The van der Waals surface area contributed by atoms with Gasteiger partial charge in [0.15, 0.2) is 11.5 Å². The van der Waals surface area contributed by atoms with Crippen LogP contribution in [0.2, 0.25) is 0 Å². The molecule has 1 aliphatic heterocycles. The molecule has 2 N–H and O–H groups in total. The number of rotatable bonds is 3. The molecule has 0 unspecified atom stereocenters. The molecule has 1 fully saturated rings. The molecule has 0 atom stereocenters. The molecule has 138 valence electrons. The first-order chi connectivity index (χ1) is 13.2. The summed E-state index contributed by atoms with van der Waals surface area (Å²) in [7, 11) is 0. The number of anilines is 1. The highest BCUT2D eigenvalue weighted by atomic mass is 16.5. The SMILES string of the molecule is O=C1Nc2ccccc2OC1=Cc1ccc(C(=O)NC2CCCCC2)cc1. The zero-order valence-corrected chi connectivity index (χ0v) is 15.0. The standard InChI is InChI=1S/C22H22N2O3/c25-21(23-17-6-2-1-3-7-17)16-12-10-15(11-13-16)14-20-22(26)24-18-8-4-5-9-19(18)27-20/h4-5,8-14,17H,1-3,6-7H2,(H,23,25)(H,24,26). The zero-order chi connectivity index (χ0) is 18.6. The summed E-state index contributed by atoms with van der Waals surface area (Å²) in [6.07, 6.45) is 7.42. The normalized spacial score (nSPS) is 18.4. The van der Waals surface area contributed by atoms with Gasteiger partial charge in [0.05, 0.1) is 5.69 Å². The van der Waals surface area contributed by atoms with Gasteiger partial charge in [-0.05, 0) is 48.7 Å². The van der Waals surface area contributed by atoms with Gasteiger partial charge in [-0.3, -0.25) is 9.59 Å². The lowest BCUT2D eigenvalue weighted by atomic mass is 9.95. The third kappa shape index (κ3) is 4.03. The van der Waals surface area contributed by atoms with Crippen LogP contribution in [-0.4, -0.2) is 17.9 Å². The van der Waals surface area contributed by atoms with Crippen molar-refractivity contribution in [2.45, 2.75) is 38.1 Å². The summed E-state index contributed by atoms with van der Waals surface area (Å²) < 4.78 is 5.70. The van der Waals surface area contributed by atoms with E-state index in [0.717, 1.165) is 18.4 Å². The first-order valence-corrected chi connectivity index (χ1v) is 9.40. The minimum Gasteiger partial charge on any atom is -0.449 e. The Labute approximate surface area is 158 Å². The van der Waals surface area contributed by atoms with E-state index in [4.69, 9.17) is 4.74 Å². The lowest BCUT2D eigenvalue weighted by molar-refractivity contribution is -0.115. The van der Waals surface area contributed by atoms with Gasteiger partial charge in [-0.25, -0.2) is 0 Å². The smallest absolute Gasteiger partial charge is 0.291 e. The average Bonchev–Trinajstić information content (AvgIpc) is 2.70. The van der Waals surface area contributed by atoms with Gasteiger partial charge in [0, 0.05) is 11.6 Å². The molecular weight excluding hydrogens is 340 g/mol. The van der Waals surface area contributed by atoms with E-state index in [2.05, 4.69) is 10.6 Å². The Morgan fingerprint density at radius 1 is 1.04 bits per heavy atom. The van der Waals surface area contributed by atoms with Gasteiger partial charge in [-0.1, -0.05) is 43.5 Å². The molecule has 2 aromatic rings. The van der Waals surface area contributed by atoms with Gasteiger partial charge < -0.3 is 15.4 Å². The molecule has 1 aliphatic carbocycles. The zero-order valence-electron chi connectivity index (χ0n) is 15.0. The van der Waals surface area contributed by atoms with Crippen LogP contribution in [0, 0.1) is 0 Å². The number of amides is 2. The Kier molecular flexibility index (Phi) is 4.92. The summed E-state index contributed by atoms with van der Waals surface area (Å²) in [4.78, 5) is 24.6. The third-order valence-electron chi connectivity index (χ3n) is 4.99. The molecule has 2 aromatic carbocycles. The Morgan fingerprint density at radius 3 is 2.56 bits per heavy atom. The number of fused-ring (bicyclic) bond motifs is 1. The second-order valence-electron chi connectivity index (χ2n) is 6.99. The summed E-state index contributed by atoms with van der Waals surface area (Å²) in [5, 5.41) is 5.92. The lowest BCUT2D eigenvalue weighted by Gasteiger charge is -2.22. The van der Waals surface area contributed by atoms with Gasteiger partial charge in [-0.15, -0.1) is 0 Å². The summed E-state index contributed by atoms with van der Waals surface area (Å²) in [6, 6.07) is 14.8. The fraction of sp³-hybridized carbons (Fsp3) is 0.273. The van der Waals surface area contributed by atoms with Crippen LogP contribution in [0.1, 0.15) is 48.0 Å². The second kappa shape index (κ2) is 7.66. The highest BCUT2D eigenvalue weighted by Gasteiger charge is 2.21. The molecule has 0 radical (unpaired) electrons. The second-order valence-corrected chi connectivity index (χ2v) is 6.99. The fourth-order valence-corrected chi connectivity index (χ4v) is 3.50. The highest BCUT2D eigenvalue weighted by Crippen LogP contribution is 2.30. The molecule has 1 saturated carbocycles. The summed E-state index contributed by atoms with van der Waals surface area (Å²) in [6.45, 7) is 0. The van der Waals surface area contributed by atoms with Crippen LogP contribution < -0.4 is 15.4 Å². The van der Waals surface area contributed by atoms with Crippen molar-refractivity contribution in [2.24, 2.45) is 0 Å². The van der Waals surface area contributed by atoms with E-state index in [1.54, 1.807) is 30.3 Å². The first-order valence-electron chi connectivity index (χ1n) is 9.40. The summed E-state index contributed by atoms with van der Waals surface area (Å²) in [5.41, 5.74) is 2.09. The van der Waals surface area contributed by atoms with Crippen molar-refractivity contribution in [3.8, 4) is 5.75 Å². The number of carbonyl (C=O) groups is 2. The van der Waals surface area contributed by atoms with Crippen molar-refractivity contribution in [1.29, 1.82) is 0 Å². The topological polar surface area (TPSA) is 67.4 Å². The molecule has 2 aliphatic rings. The highest BCUT2D eigenvalue weighted by molar-refractivity contribution is 6.08. The Balaban J connectivity index is 1.45. The van der Waals surface area contributed by atoms with Crippen molar-refractivity contribution in [1.82, 2.24) is 5.32 Å². The average molecular weight is 362 g/mol. The molecule has 0 bridgehead atoms. The van der Waals surface area contributed by atoms with Crippen molar-refractivity contribution in [3.63, 3.8) is 0 Å². The maximum Gasteiger partial charge on any atom is 0.291 e. The van der Waals surface area contributed by atoms with Crippen molar-refractivity contribution >= 4 is 23.6 Å². The van der Waals surface area contributed by atoms with Crippen molar-refractivity contribution in [3.05, 3.63) is 65.4 Å². The molecule has 0 spiro atoms. The molecule has 0 saturated heterocycles. The van der Waals surface area contributed by atoms with Crippen LogP contribution in [0.4, 0.5) is 5.69 Å². The summed E-state index contributed by atoms with van der Waals surface area (Å²) >= 11 is 0. The van der Waals surface area contributed by atoms with Crippen LogP contribution in [0.5, 0.6) is 5.75 Å². The third-order valence-corrected chi connectivity index (χ3v) is 4.99. The van der Waals surface area contributed by atoms with Gasteiger partial charge in [0.2, 0.25) is 0 Å². The molecule has 5 nitrogen and oxygen atoms in total. The van der Waals surface area contributed by atoms with E-state index in [0.29, 0.717) is 17.0 Å². The van der Waals surface area contributed by atoms with E-state index < -0.39 is 0 Å². The molecule has 0 aromatic heterocycles. The maximum atomic E-state index is 12.4. The predicted octanol–water partition coefficient (Wildman–Crippen LogP) is 4.12. The van der Waals surface area contributed by atoms with E-state index in [-0.39, 0.29) is 23.6 Å². The Hall–Kier alpha value is -3.08. The number of benzene rings is 2. The van der Waals surface area contributed by atoms with Crippen LogP contribution in [0.3, 0.4) is 0 Å². The van der Waals surface area contributed by atoms with Gasteiger partial charge in [0.25, 0.3) is 11.8 Å². The number of para-hydroxylation sites is 2. The van der Waals surface area contributed by atoms with Gasteiger partial charge in [-0.2, -0.15) is 0 Å². The van der Waals surface area contributed by atoms with E-state index >= 15 is 0 Å². The molecule has 4 rings (SSSR count). The van der Waals surface area contributed by atoms with E-state index in [1.807, 2.05) is 24.3 Å².